The van der Waals surface area contributed by atoms with Gasteiger partial charge in [-0.1, -0.05) is 12.8 Å². The summed E-state index contributed by atoms with van der Waals surface area (Å²) in [6.07, 6.45) is 3.69. The highest BCUT2D eigenvalue weighted by atomic mass is 16.6. The molecule has 1 aliphatic heterocycles. The number of nitrogens with two attached hydrogens (primary N) is 1. The van der Waals surface area contributed by atoms with Crippen LogP contribution < -0.4 is 5.73 Å². The van der Waals surface area contributed by atoms with E-state index in [0.717, 1.165) is 25.7 Å². The number of hydrogen-bond acceptors (Lipinski definition) is 5. The van der Waals surface area contributed by atoms with Gasteiger partial charge in [-0.25, -0.2) is 4.79 Å². The summed E-state index contributed by atoms with van der Waals surface area (Å²) < 4.78 is 9.67. The Labute approximate surface area is 127 Å². The van der Waals surface area contributed by atoms with Gasteiger partial charge in [0.2, 0.25) is 0 Å². The summed E-state index contributed by atoms with van der Waals surface area (Å²) in [5, 5.41) is 9.50. The molecule has 0 aromatic rings. The maximum absolute atomic E-state index is 11.1. The molecule has 1 aliphatic rings. The summed E-state index contributed by atoms with van der Waals surface area (Å²) >= 11 is 0. The minimum Gasteiger partial charge on any atom is -0.463 e. The maximum Gasteiger partial charge on any atom is 0.405 e. The molecule has 6 heteroatoms. The third-order valence-electron chi connectivity index (χ3n) is 2.76. The van der Waals surface area contributed by atoms with Crippen molar-refractivity contribution in [3.05, 3.63) is 0 Å². The highest BCUT2D eigenvalue weighted by molar-refractivity contribution is 5.69. The van der Waals surface area contributed by atoms with E-state index in [0.29, 0.717) is 12.8 Å². The summed E-state index contributed by atoms with van der Waals surface area (Å²) in [5.74, 6) is -0.124. The Morgan fingerprint density at radius 3 is 2.43 bits per heavy atom. The molecule has 0 aromatic heterocycles. The van der Waals surface area contributed by atoms with Crippen molar-refractivity contribution < 1.29 is 24.2 Å². The van der Waals surface area contributed by atoms with Crippen molar-refractivity contribution in [3.8, 4) is 0 Å². The molecule has 1 fully saturated rings. The summed E-state index contributed by atoms with van der Waals surface area (Å²) in [7, 11) is 0. The van der Waals surface area contributed by atoms with Crippen LogP contribution in [0.15, 0.2) is 0 Å². The molecule has 2 unspecified atom stereocenters. The first-order valence-electron chi connectivity index (χ1n) is 7.46. The molecule has 2 atom stereocenters. The zero-order valence-electron chi connectivity index (χ0n) is 13.6. The van der Waals surface area contributed by atoms with Crippen LogP contribution in [0.5, 0.6) is 0 Å². The highest BCUT2D eigenvalue weighted by Gasteiger charge is 2.16. The van der Waals surface area contributed by atoms with E-state index in [1.165, 1.54) is 0 Å². The van der Waals surface area contributed by atoms with E-state index in [2.05, 4.69) is 4.74 Å². The molecule has 0 saturated carbocycles. The molecule has 1 amide bonds. The minimum absolute atomic E-state index is 0.124. The third kappa shape index (κ3) is 13.4. The molecular formula is C15H29NO5. The molecule has 1 rings (SSSR count). The summed E-state index contributed by atoms with van der Waals surface area (Å²) in [4.78, 5) is 21.1. The summed E-state index contributed by atoms with van der Waals surface area (Å²) in [6, 6.07) is 0. The molecule has 0 radical (unpaired) electrons. The molecule has 6 nitrogen and oxygen atoms in total. The molecule has 3 N–H and O–H groups in total. The first-order valence-corrected chi connectivity index (χ1v) is 7.46. The van der Waals surface area contributed by atoms with Gasteiger partial charge in [-0.3, -0.25) is 4.79 Å². The van der Waals surface area contributed by atoms with Crippen molar-refractivity contribution in [2.75, 3.05) is 0 Å². The van der Waals surface area contributed by atoms with Crippen LogP contribution in [-0.2, 0) is 14.3 Å². The van der Waals surface area contributed by atoms with Crippen LogP contribution >= 0.6 is 0 Å². The van der Waals surface area contributed by atoms with Gasteiger partial charge in [0.05, 0.1) is 6.10 Å². The van der Waals surface area contributed by atoms with Crippen LogP contribution in [0.25, 0.3) is 0 Å². The standard InChI is InChI=1S/C10H18O3.C5H11NO2/c1-8-7-9(11)5-3-2-4-6-10(12)13-8;1-5(2,3)8-4(6)7/h8-9,11H,2-7H2,1H3;1-3H3,(H2,6,7). The van der Waals surface area contributed by atoms with Gasteiger partial charge in [0.15, 0.2) is 0 Å². The lowest BCUT2D eigenvalue weighted by Gasteiger charge is -2.18. The Hall–Kier alpha value is -1.30. The van der Waals surface area contributed by atoms with Crippen LogP contribution in [0.1, 0.15) is 66.2 Å². The summed E-state index contributed by atoms with van der Waals surface area (Å²) in [5.41, 5.74) is 4.26. The number of aliphatic hydroxyl groups excluding tert-OH is 1. The lowest BCUT2D eigenvalue weighted by molar-refractivity contribution is -0.149. The SMILES string of the molecule is CC(C)(C)OC(N)=O.CC1CC(O)CCCCCC(=O)O1. The van der Waals surface area contributed by atoms with Gasteiger partial charge in [-0.15, -0.1) is 0 Å². The van der Waals surface area contributed by atoms with E-state index in [4.69, 9.17) is 10.5 Å². The topological polar surface area (TPSA) is 98.9 Å². The van der Waals surface area contributed by atoms with Crippen LogP contribution in [-0.4, -0.2) is 35.0 Å². The number of amides is 1. The third-order valence-corrected chi connectivity index (χ3v) is 2.76. The van der Waals surface area contributed by atoms with Crippen molar-refractivity contribution in [3.63, 3.8) is 0 Å². The molecule has 0 bridgehead atoms. The number of ether oxygens (including phenoxy) is 2. The van der Waals surface area contributed by atoms with Crippen molar-refractivity contribution >= 4 is 12.1 Å². The molecular weight excluding hydrogens is 274 g/mol. The number of carbonyl (C=O) groups is 2. The van der Waals surface area contributed by atoms with E-state index in [9.17, 15) is 14.7 Å². The van der Waals surface area contributed by atoms with E-state index >= 15 is 0 Å². The van der Waals surface area contributed by atoms with Crippen molar-refractivity contribution in [1.29, 1.82) is 0 Å². The van der Waals surface area contributed by atoms with Gasteiger partial charge in [0.25, 0.3) is 0 Å². The zero-order chi connectivity index (χ0) is 16.5. The van der Waals surface area contributed by atoms with E-state index < -0.39 is 11.7 Å². The van der Waals surface area contributed by atoms with Crippen LogP contribution in [0.3, 0.4) is 0 Å². The van der Waals surface area contributed by atoms with Gasteiger partial charge >= 0.3 is 12.1 Å². The molecule has 21 heavy (non-hydrogen) atoms. The fourth-order valence-electron chi connectivity index (χ4n) is 1.96. The Bertz CT molecular complexity index is 325. The Morgan fingerprint density at radius 2 is 1.95 bits per heavy atom. The summed E-state index contributed by atoms with van der Waals surface area (Å²) in [6.45, 7) is 7.12. The molecule has 0 aromatic carbocycles. The van der Waals surface area contributed by atoms with Gasteiger partial charge in [-0.05, 0) is 40.5 Å². The largest absolute Gasteiger partial charge is 0.463 e. The van der Waals surface area contributed by atoms with Gasteiger partial charge in [0, 0.05) is 12.8 Å². The van der Waals surface area contributed by atoms with Crippen LogP contribution in [0.2, 0.25) is 0 Å². The van der Waals surface area contributed by atoms with E-state index in [1.807, 2.05) is 6.92 Å². The second kappa shape index (κ2) is 9.60. The number of esters is 1. The number of hydrogen-bond donors (Lipinski definition) is 2. The first-order chi connectivity index (χ1) is 9.60. The Kier molecular flexibility index (Phi) is 9.01. The predicted molar refractivity (Wildman–Crippen MR) is 79.7 cm³/mol. The van der Waals surface area contributed by atoms with E-state index in [1.54, 1.807) is 20.8 Å². The predicted octanol–water partition coefficient (Wildman–Crippen LogP) is 2.51. The average Bonchev–Trinajstić information content (AvgIpc) is 2.24. The number of cyclic esters (lactones) is 1. The second-order valence-electron chi connectivity index (χ2n) is 6.32. The van der Waals surface area contributed by atoms with Crippen molar-refractivity contribution in [2.24, 2.45) is 5.73 Å². The average molecular weight is 303 g/mol. The Balaban J connectivity index is 0.000000433. The quantitative estimate of drug-likeness (QED) is 0.670. The van der Waals surface area contributed by atoms with E-state index in [-0.39, 0.29) is 18.2 Å². The monoisotopic (exact) mass is 303 g/mol. The fourth-order valence-corrected chi connectivity index (χ4v) is 1.96. The minimum atomic E-state index is -0.725. The lowest BCUT2D eigenvalue weighted by atomic mass is 10.0. The van der Waals surface area contributed by atoms with Crippen molar-refractivity contribution in [1.82, 2.24) is 0 Å². The number of carbonyl (C=O) groups excluding carboxylic acids is 2. The number of rotatable bonds is 0. The normalized spacial score (nSPS) is 24.1. The van der Waals surface area contributed by atoms with Crippen LogP contribution in [0.4, 0.5) is 4.79 Å². The maximum atomic E-state index is 11.1. The lowest BCUT2D eigenvalue weighted by Crippen LogP contribution is -2.27. The van der Waals surface area contributed by atoms with Gasteiger partial charge < -0.3 is 20.3 Å². The molecule has 0 spiro atoms. The second-order valence-corrected chi connectivity index (χ2v) is 6.32. The smallest absolute Gasteiger partial charge is 0.405 e. The zero-order valence-corrected chi connectivity index (χ0v) is 13.6. The van der Waals surface area contributed by atoms with Gasteiger partial charge in [-0.2, -0.15) is 0 Å². The molecule has 0 aliphatic carbocycles. The first kappa shape index (κ1) is 19.7. The highest BCUT2D eigenvalue weighted by Crippen LogP contribution is 2.14. The van der Waals surface area contributed by atoms with Gasteiger partial charge in [0.1, 0.15) is 11.7 Å². The number of primary amides is 1. The molecule has 124 valence electrons. The Morgan fingerprint density at radius 1 is 1.33 bits per heavy atom. The fraction of sp³-hybridized carbons (Fsp3) is 0.867. The molecule has 1 saturated heterocycles. The number of aliphatic hydroxyl groups is 1. The molecule has 1 heterocycles. The van der Waals surface area contributed by atoms with Crippen LogP contribution in [0, 0.1) is 0 Å². The van der Waals surface area contributed by atoms with Crippen molar-refractivity contribution in [2.45, 2.75) is 84.0 Å².